The van der Waals surface area contributed by atoms with Crippen LogP contribution in [0.4, 0.5) is 8.78 Å². The van der Waals surface area contributed by atoms with Crippen LogP contribution in [0, 0.1) is 11.6 Å². The van der Waals surface area contributed by atoms with E-state index in [0.717, 1.165) is 0 Å². The lowest BCUT2D eigenvalue weighted by atomic mass is 9.98. The summed E-state index contributed by atoms with van der Waals surface area (Å²) >= 11 is 11.8. The van der Waals surface area contributed by atoms with E-state index in [9.17, 15) is 8.78 Å². The maximum absolute atomic E-state index is 14.1. The highest BCUT2D eigenvalue weighted by Gasteiger charge is 2.20. The molecule has 5 heteroatoms. The smallest absolute Gasteiger partial charge is 0.129 e. The summed E-state index contributed by atoms with van der Waals surface area (Å²) in [6.07, 6.45) is 0. The number of halogens is 4. The van der Waals surface area contributed by atoms with Gasteiger partial charge in [-0.1, -0.05) is 42.3 Å². The fourth-order valence-corrected chi connectivity index (χ4v) is 2.50. The van der Waals surface area contributed by atoms with Gasteiger partial charge in [0, 0.05) is 15.6 Å². The number of nitrogens with one attached hydrogen (secondary N) is 1. The van der Waals surface area contributed by atoms with Crippen LogP contribution in [0.15, 0.2) is 36.4 Å². The van der Waals surface area contributed by atoms with Crippen molar-refractivity contribution in [3.8, 4) is 0 Å². The molecule has 0 aliphatic carbocycles. The molecule has 106 valence electrons. The standard InChI is InChI=1S/C15H13Cl2F2N/c1-2-20-15(11-6-4-10(18)8-13(11)17)12-5-3-9(16)7-14(12)19/h3-8,15,20H,2H2,1H3. The highest BCUT2D eigenvalue weighted by Crippen LogP contribution is 2.31. The van der Waals surface area contributed by atoms with Crippen molar-refractivity contribution in [2.45, 2.75) is 13.0 Å². The van der Waals surface area contributed by atoms with E-state index in [-0.39, 0.29) is 5.02 Å². The van der Waals surface area contributed by atoms with E-state index in [2.05, 4.69) is 5.32 Å². The molecule has 0 heterocycles. The molecular weight excluding hydrogens is 303 g/mol. The van der Waals surface area contributed by atoms with E-state index in [4.69, 9.17) is 23.2 Å². The molecule has 2 aromatic carbocycles. The fraction of sp³-hybridized carbons (Fsp3) is 0.200. The lowest BCUT2D eigenvalue weighted by molar-refractivity contribution is 0.558. The molecule has 0 saturated carbocycles. The zero-order valence-electron chi connectivity index (χ0n) is 10.8. The van der Waals surface area contributed by atoms with Gasteiger partial charge in [-0.05, 0) is 36.4 Å². The van der Waals surface area contributed by atoms with E-state index in [1.807, 2.05) is 6.92 Å². The average molecular weight is 316 g/mol. The molecule has 2 rings (SSSR count). The maximum Gasteiger partial charge on any atom is 0.129 e. The van der Waals surface area contributed by atoms with Gasteiger partial charge in [0.2, 0.25) is 0 Å². The van der Waals surface area contributed by atoms with Gasteiger partial charge in [0.05, 0.1) is 6.04 Å². The van der Waals surface area contributed by atoms with Gasteiger partial charge in [0.25, 0.3) is 0 Å². The third-order valence-corrected chi connectivity index (χ3v) is 3.52. The summed E-state index contributed by atoms with van der Waals surface area (Å²) in [6, 6.07) is 8.09. The van der Waals surface area contributed by atoms with Crippen molar-refractivity contribution in [1.82, 2.24) is 5.32 Å². The Hall–Kier alpha value is -1.16. The first kappa shape index (κ1) is 15.2. The number of benzene rings is 2. The van der Waals surface area contributed by atoms with Gasteiger partial charge < -0.3 is 5.32 Å². The molecule has 0 saturated heterocycles. The molecule has 1 nitrogen and oxygen atoms in total. The average Bonchev–Trinajstić information content (AvgIpc) is 2.37. The van der Waals surface area contributed by atoms with Crippen LogP contribution in [-0.2, 0) is 0 Å². The molecular formula is C15H13Cl2F2N. The first-order valence-electron chi connectivity index (χ1n) is 6.16. The van der Waals surface area contributed by atoms with Crippen LogP contribution in [0.5, 0.6) is 0 Å². The normalized spacial score (nSPS) is 12.4. The number of hydrogen-bond donors (Lipinski definition) is 1. The lowest BCUT2D eigenvalue weighted by Gasteiger charge is -2.21. The monoisotopic (exact) mass is 315 g/mol. The quantitative estimate of drug-likeness (QED) is 0.840. The maximum atomic E-state index is 14.1. The Morgan fingerprint density at radius 1 is 1.05 bits per heavy atom. The molecule has 0 spiro atoms. The Labute approximate surface area is 126 Å². The van der Waals surface area contributed by atoms with Crippen LogP contribution >= 0.6 is 23.2 Å². The highest BCUT2D eigenvalue weighted by molar-refractivity contribution is 6.31. The van der Waals surface area contributed by atoms with Gasteiger partial charge >= 0.3 is 0 Å². The van der Waals surface area contributed by atoms with Crippen molar-refractivity contribution >= 4 is 23.2 Å². The van der Waals surface area contributed by atoms with Crippen LogP contribution in [0.2, 0.25) is 10.0 Å². The molecule has 0 amide bonds. The molecule has 0 aromatic heterocycles. The topological polar surface area (TPSA) is 12.0 Å². The Kier molecular flexibility index (Phi) is 4.97. The predicted octanol–water partition coefficient (Wildman–Crippen LogP) is 4.97. The van der Waals surface area contributed by atoms with E-state index in [0.29, 0.717) is 22.7 Å². The van der Waals surface area contributed by atoms with Crippen molar-refractivity contribution in [3.05, 3.63) is 69.2 Å². The Morgan fingerprint density at radius 3 is 2.35 bits per heavy atom. The first-order chi connectivity index (χ1) is 9.52. The summed E-state index contributed by atoms with van der Waals surface area (Å²) < 4.78 is 27.2. The second-order valence-electron chi connectivity index (χ2n) is 4.32. The predicted molar refractivity (Wildman–Crippen MR) is 78.3 cm³/mol. The second kappa shape index (κ2) is 6.53. The minimum atomic E-state index is -0.453. The fourth-order valence-electron chi connectivity index (χ4n) is 2.06. The molecule has 0 fully saturated rings. The van der Waals surface area contributed by atoms with Crippen molar-refractivity contribution in [2.24, 2.45) is 0 Å². The Morgan fingerprint density at radius 2 is 1.75 bits per heavy atom. The van der Waals surface area contributed by atoms with Gasteiger partial charge in [-0.2, -0.15) is 0 Å². The van der Waals surface area contributed by atoms with Crippen LogP contribution in [0.1, 0.15) is 24.1 Å². The van der Waals surface area contributed by atoms with E-state index >= 15 is 0 Å². The van der Waals surface area contributed by atoms with Crippen molar-refractivity contribution < 1.29 is 8.78 Å². The Balaban J connectivity index is 2.50. The van der Waals surface area contributed by atoms with E-state index in [1.54, 1.807) is 18.2 Å². The summed E-state index contributed by atoms with van der Waals surface area (Å²) in [5, 5.41) is 3.73. The summed E-state index contributed by atoms with van der Waals surface area (Å²) in [4.78, 5) is 0. The molecule has 1 atom stereocenters. The summed E-state index contributed by atoms with van der Waals surface area (Å²) in [5.41, 5.74) is 1.04. The molecule has 2 aromatic rings. The van der Waals surface area contributed by atoms with E-state index in [1.165, 1.54) is 18.2 Å². The summed E-state index contributed by atoms with van der Waals surface area (Å²) in [6.45, 7) is 2.51. The third kappa shape index (κ3) is 3.29. The van der Waals surface area contributed by atoms with E-state index < -0.39 is 17.7 Å². The highest BCUT2D eigenvalue weighted by atomic mass is 35.5. The van der Waals surface area contributed by atoms with Gasteiger partial charge in [-0.15, -0.1) is 0 Å². The molecule has 1 unspecified atom stereocenters. The minimum absolute atomic E-state index is 0.255. The molecule has 20 heavy (non-hydrogen) atoms. The van der Waals surface area contributed by atoms with Gasteiger partial charge in [0.15, 0.2) is 0 Å². The largest absolute Gasteiger partial charge is 0.306 e. The Bertz CT molecular complexity index is 565. The van der Waals surface area contributed by atoms with Crippen LogP contribution < -0.4 is 5.32 Å². The van der Waals surface area contributed by atoms with Gasteiger partial charge in [-0.3, -0.25) is 0 Å². The summed E-state index contributed by atoms with van der Waals surface area (Å²) in [7, 11) is 0. The van der Waals surface area contributed by atoms with Gasteiger partial charge in [0.1, 0.15) is 11.6 Å². The number of rotatable bonds is 4. The second-order valence-corrected chi connectivity index (χ2v) is 5.17. The lowest BCUT2D eigenvalue weighted by Crippen LogP contribution is -2.23. The van der Waals surface area contributed by atoms with Gasteiger partial charge in [-0.25, -0.2) is 8.78 Å². The number of hydrogen-bond acceptors (Lipinski definition) is 1. The van der Waals surface area contributed by atoms with Crippen molar-refractivity contribution in [1.29, 1.82) is 0 Å². The summed E-state index contributed by atoms with van der Waals surface area (Å²) in [5.74, 6) is -0.852. The zero-order valence-corrected chi connectivity index (χ0v) is 12.3. The van der Waals surface area contributed by atoms with Crippen molar-refractivity contribution in [2.75, 3.05) is 6.54 Å². The molecule has 0 aliphatic heterocycles. The van der Waals surface area contributed by atoms with Crippen LogP contribution in [-0.4, -0.2) is 6.54 Å². The minimum Gasteiger partial charge on any atom is -0.306 e. The van der Waals surface area contributed by atoms with Crippen molar-refractivity contribution in [3.63, 3.8) is 0 Å². The zero-order chi connectivity index (χ0) is 14.7. The SMILES string of the molecule is CCNC(c1ccc(Cl)cc1F)c1ccc(F)cc1Cl. The van der Waals surface area contributed by atoms with Crippen LogP contribution in [0.3, 0.4) is 0 Å². The molecule has 0 radical (unpaired) electrons. The molecule has 0 aliphatic rings. The third-order valence-electron chi connectivity index (χ3n) is 2.96. The molecule has 0 bridgehead atoms. The first-order valence-corrected chi connectivity index (χ1v) is 6.91. The molecule has 1 N–H and O–H groups in total. The van der Waals surface area contributed by atoms with Crippen LogP contribution in [0.25, 0.3) is 0 Å².